The average molecular weight is 596 g/mol. The summed E-state index contributed by atoms with van der Waals surface area (Å²) in [6.07, 6.45) is 19.9. The van der Waals surface area contributed by atoms with Crippen LogP contribution < -0.4 is 9.47 Å². The monoisotopic (exact) mass is 595 g/mol. The fraction of sp³-hybridized carbons (Fsp3) is 0.658. The number of unbranched alkanes of at least 4 members (excludes halogenated alkanes) is 10. The predicted molar refractivity (Wildman–Crippen MR) is 177 cm³/mol. The van der Waals surface area contributed by atoms with Gasteiger partial charge in [0.15, 0.2) is 17.3 Å². The molecule has 0 aliphatic carbocycles. The molecule has 0 spiro atoms. The van der Waals surface area contributed by atoms with E-state index in [1.54, 1.807) is 26.4 Å². The van der Waals surface area contributed by atoms with Gasteiger partial charge in [-0.2, -0.15) is 0 Å². The third-order valence-corrected chi connectivity index (χ3v) is 9.70. The Balaban J connectivity index is 1.40. The number of nitrogens with zero attached hydrogens (tertiary/aromatic N) is 1. The molecule has 1 aliphatic rings. The molecule has 0 radical (unpaired) electrons. The van der Waals surface area contributed by atoms with Crippen molar-refractivity contribution >= 4 is 5.78 Å². The molecule has 2 aromatic rings. The molecule has 1 saturated heterocycles. The number of likely N-dealkylation sites (tertiary alicyclic amines) is 1. The van der Waals surface area contributed by atoms with Crippen LogP contribution in [0, 0.1) is 11.7 Å². The lowest BCUT2D eigenvalue weighted by atomic mass is 9.74. The maximum absolute atomic E-state index is 13.2. The number of carbonyl (C=O) groups is 1. The van der Waals surface area contributed by atoms with Gasteiger partial charge < -0.3 is 14.4 Å². The number of methoxy groups -OCH3 is 2. The van der Waals surface area contributed by atoms with Crippen LogP contribution in [-0.2, 0) is 5.41 Å². The molecule has 4 nitrogen and oxygen atoms in total. The van der Waals surface area contributed by atoms with Crippen LogP contribution in [-0.4, -0.2) is 44.5 Å². The summed E-state index contributed by atoms with van der Waals surface area (Å²) in [5.41, 5.74) is 2.15. The third kappa shape index (κ3) is 11.6. The number of benzene rings is 2. The molecule has 2 aromatic carbocycles. The molecule has 1 aliphatic heterocycles. The molecule has 43 heavy (non-hydrogen) atoms. The molecule has 240 valence electrons. The lowest BCUT2D eigenvalue weighted by molar-refractivity contribution is 0.0838. The quantitative estimate of drug-likeness (QED) is 0.106. The average Bonchev–Trinajstić information content (AvgIpc) is 3.04. The van der Waals surface area contributed by atoms with Gasteiger partial charge in [-0.3, -0.25) is 4.79 Å². The molecule has 1 unspecified atom stereocenters. The van der Waals surface area contributed by atoms with E-state index in [1.165, 1.54) is 108 Å². The number of halogens is 1. The van der Waals surface area contributed by atoms with Crippen molar-refractivity contribution < 1.29 is 18.7 Å². The van der Waals surface area contributed by atoms with Crippen molar-refractivity contribution in [2.45, 2.75) is 122 Å². The van der Waals surface area contributed by atoms with Gasteiger partial charge in [0.05, 0.1) is 14.2 Å². The fourth-order valence-corrected chi connectivity index (χ4v) is 6.75. The molecule has 0 aromatic heterocycles. The molecule has 0 amide bonds. The Morgan fingerprint density at radius 3 is 1.93 bits per heavy atom. The first-order chi connectivity index (χ1) is 20.9. The van der Waals surface area contributed by atoms with Crippen molar-refractivity contribution in [2.75, 3.05) is 33.9 Å². The second-order valence-corrected chi connectivity index (χ2v) is 13.0. The minimum absolute atomic E-state index is 0.0667. The van der Waals surface area contributed by atoms with Gasteiger partial charge in [0.1, 0.15) is 5.82 Å². The highest BCUT2D eigenvalue weighted by Gasteiger charge is 2.28. The summed E-state index contributed by atoms with van der Waals surface area (Å²) in [7, 11) is 3.43. The van der Waals surface area contributed by atoms with Crippen molar-refractivity contribution in [2.24, 2.45) is 5.92 Å². The number of Topliss-reactive ketones (excluding diaryl/α,β-unsaturated/α-hetero) is 1. The smallest absolute Gasteiger partial charge is 0.166 e. The van der Waals surface area contributed by atoms with Crippen LogP contribution in [0.3, 0.4) is 0 Å². The second-order valence-electron chi connectivity index (χ2n) is 13.0. The van der Waals surface area contributed by atoms with Gasteiger partial charge in [-0.05, 0) is 99.1 Å². The normalized spacial score (nSPS) is 15.7. The second kappa shape index (κ2) is 19.1. The van der Waals surface area contributed by atoms with Crippen molar-refractivity contribution in [1.82, 2.24) is 4.90 Å². The molecular formula is C38H58FNO3. The largest absolute Gasteiger partial charge is 0.493 e. The maximum Gasteiger partial charge on any atom is 0.166 e. The number of piperidine rings is 1. The highest BCUT2D eigenvalue weighted by Crippen LogP contribution is 2.39. The summed E-state index contributed by atoms with van der Waals surface area (Å²) in [6, 6.07) is 12.5. The van der Waals surface area contributed by atoms with Gasteiger partial charge in [-0.25, -0.2) is 4.39 Å². The van der Waals surface area contributed by atoms with Crippen molar-refractivity contribution in [1.29, 1.82) is 0 Å². The van der Waals surface area contributed by atoms with Crippen LogP contribution >= 0.6 is 0 Å². The van der Waals surface area contributed by atoms with E-state index in [0.717, 1.165) is 44.0 Å². The number of rotatable bonds is 21. The summed E-state index contributed by atoms with van der Waals surface area (Å²) in [4.78, 5) is 15.3. The number of ketones is 1. The first kappa shape index (κ1) is 35.1. The standard InChI is InChI=1S/C38H58FNO3/c1-5-6-7-8-9-10-11-14-25-38(2,33-19-22-35(42-3)36(30-33)43-4)26-15-12-13-16-27-40-28-23-32(24-29-40)37(41)31-17-20-34(39)21-18-31/h17-22,30,32H,5-16,23-29H2,1-4H3. The van der Waals surface area contributed by atoms with E-state index in [1.807, 2.05) is 0 Å². The molecular weight excluding hydrogens is 537 g/mol. The van der Waals surface area contributed by atoms with Gasteiger partial charge in [0, 0.05) is 11.5 Å². The predicted octanol–water partition coefficient (Wildman–Crippen LogP) is 10.2. The number of hydrogen-bond donors (Lipinski definition) is 0. The third-order valence-electron chi connectivity index (χ3n) is 9.70. The summed E-state index contributed by atoms with van der Waals surface area (Å²) in [5, 5.41) is 0. The molecule has 0 saturated carbocycles. The van der Waals surface area contributed by atoms with Crippen molar-refractivity contribution in [3.05, 3.63) is 59.4 Å². The van der Waals surface area contributed by atoms with Gasteiger partial charge in [0.25, 0.3) is 0 Å². The van der Waals surface area contributed by atoms with Crippen LogP contribution in [0.15, 0.2) is 42.5 Å². The number of carbonyl (C=O) groups excluding carboxylic acids is 1. The molecule has 1 heterocycles. The van der Waals surface area contributed by atoms with E-state index in [2.05, 4.69) is 36.9 Å². The zero-order chi connectivity index (χ0) is 30.9. The summed E-state index contributed by atoms with van der Waals surface area (Å²) >= 11 is 0. The molecule has 3 rings (SSSR count). The summed E-state index contributed by atoms with van der Waals surface area (Å²) in [5.74, 6) is 1.57. The van der Waals surface area contributed by atoms with E-state index in [-0.39, 0.29) is 22.9 Å². The van der Waals surface area contributed by atoms with Gasteiger partial charge in [0.2, 0.25) is 0 Å². The maximum atomic E-state index is 13.2. The Hall–Kier alpha value is -2.40. The first-order valence-electron chi connectivity index (χ1n) is 17.1. The van der Waals surface area contributed by atoms with Crippen LogP contribution in [0.4, 0.5) is 4.39 Å². The first-order valence-corrected chi connectivity index (χ1v) is 17.1. The van der Waals surface area contributed by atoms with Crippen LogP contribution in [0.1, 0.15) is 133 Å². The Labute approximate surface area is 261 Å². The van der Waals surface area contributed by atoms with Crippen molar-refractivity contribution in [3.8, 4) is 11.5 Å². The van der Waals surface area contributed by atoms with Gasteiger partial charge >= 0.3 is 0 Å². The Bertz CT molecular complexity index is 1060. The SMILES string of the molecule is CCCCCCCCCCC(C)(CCCCCCN1CCC(C(=O)c2ccc(F)cc2)CC1)c1ccc(OC)c(OC)c1. The van der Waals surface area contributed by atoms with E-state index in [9.17, 15) is 9.18 Å². The molecule has 1 atom stereocenters. The zero-order valence-corrected chi connectivity index (χ0v) is 27.6. The Morgan fingerprint density at radius 1 is 0.791 bits per heavy atom. The summed E-state index contributed by atoms with van der Waals surface area (Å²) < 4.78 is 24.4. The molecule has 0 bridgehead atoms. The molecule has 1 fully saturated rings. The zero-order valence-electron chi connectivity index (χ0n) is 27.6. The molecule has 5 heteroatoms. The van der Waals surface area contributed by atoms with E-state index in [4.69, 9.17) is 9.47 Å². The lowest BCUT2D eigenvalue weighted by Gasteiger charge is -2.32. The van der Waals surface area contributed by atoms with Crippen LogP contribution in [0.25, 0.3) is 0 Å². The van der Waals surface area contributed by atoms with Gasteiger partial charge in [-0.15, -0.1) is 0 Å². The summed E-state index contributed by atoms with van der Waals surface area (Å²) in [6.45, 7) is 7.80. The number of ether oxygens (including phenoxy) is 2. The lowest BCUT2D eigenvalue weighted by Crippen LogP contribution is -2.36. The van der Waals surface area contributed by atoms with E-state index < -0.39 is 0 Å². The van der Waals surface area contributed by atoms with E-state index >= 15 is 0 Å². The van der Waals surface area contributed by atoms with E-state index in [0.29, 0.717) is 5.56 Å². The highest BCUT2D eigenvalue weighted by molar-refractivity contribution is 5.97. The Kier molecular flexibility index (Phi) is 15.6. The minimum atomic E-state index is -0.291. The van der Waals surface area contributed by atoms with Crippen LogP contribution in [0.2, 0.25) is 0 Å². The minimum Gasteiger partial charge on any atom is -0.493 e. The fourth-order valence-electron chi connectivity index (χ4n) is 6.75. The Morgan fingerprint density at radius 2 is 1.35 bits per heavy atom. The molecule has 0 N–H and O–H groups in total. The topological polar surface area (TPSA) is 38.8 Å². The van der Waals surface area contributed by atoms with Crippen molar-refractivity contribution in [3.63, 3.8) is 0 Å². The van der Waals surface area contributed by atoms with Gasteiger partial charge in [-0.1, -0.05) is 90.5 Å². The van der Waals surface area contributed by atoms with Crippen LogP contribution in [0.5, 0.6) is 11.5 Å². The number of hydrogen-bond acceptors (Lipinski definition) is 4. The highest BCUT2D eigenvalue weighted by atomic mass is 19.1.